The van der Waals surface area contributed by atoms with E-state index in [1.165, 1.54) is 11.4 Å². The predicted octanol–water partition coefficient (Wildman–Crippen LogP) is 2.18. The zero-order valence-corrected chi connectivity index (χ0v) is 12.3. The Morgan fingerprint density at radius 3 is 2.47 bits per heavy atom. The average molecular weight is 261 g/mol. The lowest BCUT2D eigenvalue weighted by molar-refractivity contribution is -0.129. The molecule has 0 atom stereocenters. The summed E-state index contributed by atoms with van der Waals surface area (Å²) in [5.41, 5.74) is 3.44. The lowest BCUT2D eigenvalue weighted by Gasteiger charge is -2.31. The van der Waals surface area contributed by atoms with Crippen LogP contribution in [-0.4, -0.2) is 43.0 Å². The molecule has 4 heteroatoms. The van der Waals surface area contributed by atoms with Crippen molar-refractivity contribution in [2.45, 2.75) is 32.6 Å². The van der Waals surface area contributed by atoms with Crippen LogP contribution in [0.3, 0.4) is 0 Å². The van der Waals surface area contributed by atoms with E-state index in [9.17, 15) is 4.79 Å². The lowest BCUT2D eigenvalue weighted by atomic mass is 9.92. The van der Waals surface area contributed by atoms with E-state index in [0.717, 1.165) is 31.6 Å². The smallest absolute Gasteiger partial charge is 0.219 e. The molecule has 1 fully saturated rings. The van der Waals surface area contributed by atoms with Crippen LogP contribution in [0.4, 0.5) is 5.69 Å². The zero-order valence-electron chi connectivity index (χ0n) is 12.3. The Morgan fingerprint density at radius 2 is 1.95 bits per heavy atom. The first-order valence-corrected chi connectivity index (χ1v) is 6.89. The highest BCUT2D eigenvalue weighted by Gasteiger charge is 2.23. The monoisotopic (exact) mass is 261 g/mol. The first kappa shape index (κ1) is 13.8. The van der Waals surface area contributed by atoms with Gasteiger partial charge in [-0.25, -0.2) is 0 Å². The number of carbonyl (C=O) groups is 1. The van der Waals surface area contributed by atoms with E-state index in [2.05, 4.69) is 36.1 Å². The highest BCUT2D eigenvalue weighted by Crippen LogP contribution is 2.29. The molecule has 2 heterocycles. The van der Waals surface area contributed by atoms with Crippen LogP contribution in [0, 0.1) is 6.92 Å². The zero-order chi connectivity index (χ0) is 14.0. The summed E-state index contributed by atoms with van der Waals surface area (Å²) >= 11 is 0. The maximum atomic E-state index is 11.3. The Labute approximate surface area is 115 Å². The van der Waals surface area contributed by atoms with Gasteiger partial charge in [0.05, 0.1) is 0 Å². The fraction of sp³-hybridized carbons (Fsp3) is 0.600. The highest BCUT2D eigenvalue weighted by atomic mass is 16.2. The standard InChI is InChI=1S/C15H23N3O/c1-11-9-14(17(3)4)10-15(16-11)13-5-7-18(8-6-13)12(2)19/h9-10,13H,5-8H2,1-4H3. The number of aromatic nitrogens is 1. The molecule has 2 rings (SSSR count). The van der Waals surface area contributed by atoms with Gasteiger partial charge in [0, 0.05) is 57.1 Å². The van der Waals surface area contributed by atoms with E-state index in [-0.39, 0.29) is 5.91 Å². The molecule has 1 aliphatic heterocycles. The van der Waals surface area contributed by atoms with Crippen LogP contribution in [0.5, 0.6) is 0 Å². The van der Waals surface area contributed by atoms with Crippen molar-refractivity contribution in [1.29, 1.82) is 0 Å². The molecule has 1 aromatic rings. The molecule has 1 aromatic heterocycles. The Bertz CT molecular complexity index is 462. The highest BCUT2D eigenvalue weighted by molar-refractivity contribution is 5.73. The summed E-state index contributed by atoms with van der Waals surface area (Å²) in [6.45, 7) is 5.40. The topological polar surface area (TPSA) is 36.4 Å². The number of hydrogen-bond donors (Lipinski definition) is 0. The van der Waals surface area contributed by atoms with Gasteiger partial charge in [-0.2, -0.15) is 0 Å². The largest absolute Gasteiger partial charge is 0.378 e. The van der Waals surface area contributed by atoms with Gasteiger partial charge < -0.3 is 9.80 Å². The summed E-state index contributed by atoms with van der Waals surface area (Å²) in [7, 11) is 4.10. The van der Waals surface area contributed by atoms with Gasteiger partial charge in [0.1, 0.15) is 0 Å². The van der Waals surface area contributed by atoms with Crippen molar-refractivity contribution in [3.05, 3.63) is 23.5 Å². The summed E-state index contributed by atoms with van der Waals surface area (Å²) in [6.07, 6.45) is 2.03. The van der Waals surface area contributed by atoms with Crippen molar-refractivity contribution < 1.29 is 4.79 Å². The predicted molar refractivity (Wildman–Crippen MR) is 77.5 cm³/mol. The minimum atomic E-state index is 0.185. The van der Waals surface area contributed by atoms with Crippen molar-refractivity contribution in [2.24, 2.45) is 0 Å². The summed E-state index contributed by atoms with van der Waals surface area (Å²) in [6, 6.07) is 4.29. The number of pyridine rings is 1. The van der Waals surface area contributed by atoms with Gasteiger partial charge in [-0.05, 0) is 31.9 Å². The number of piperidine rings is 1. The number of rotatable bonds is 2. The molecule has 19 heavy (non-hydrogen) atoms. The van der Waals surface area contributed by atoms with Crippen LogP contribution in [0.15, 0.2) is 12.1 Å². The van der Waals surface area contributed by atoms with Gasteiger partial charge in [0.2, 0.25) is 5.91 Å². The van der Waals surface area contributed by atoms with E-state index in [0.29, 0.717) is 5.92 Å². The van der Waals surface area contributed by atoms with Crippen LogP contribution in [0.2, 0.25) is 0 Å². The average Bonchev–Trinajstić information content (AvgIpc) is 2.38. The molecule has 0 aromatic carbocycles. The van der Waals surface area contributed by atoms with Crippen molar-refractivity contribution in [3.63, 3.8) is 0 Å². The molecule has 1 aliphatic rings. The van der Waals surface area contributed by atoms with Gasteiger partial charge in [0.15, 0.2) is 0 Å². The van der Waals surface area contributed by atoms with Crippen LogP contribution >= 0.6 is 0 Å². The fourth-order valence-corrected chi connectivity index (χ4v) is 2.63. The number of nitrogens with zero attached hydrogens (tertiary/aromatic N) is 3. The number of anilines is 1. The summed E-state index contributed by atoms with van der Waals surface area (Å²) in [4.78, 5) is 20.1. The summed E-state index contributed by atoms with van der Waals surface area (Å²) in [5, 5.41) is 0. The Hall–Kier alpha value is -1.58. The molecule has 4 nitrogen and oxygen atoms in total. The minimum Gasteiger partial charge on any atom is -0.378 e. The quantitative estimate of drug-likeness (QED) is 0.818. The second kappa shape index (κ2) is 5.59. The Balaban J connectivity index is 2.13. The molecule has 0 spiro atoms. The number of amides is 1. The van der Waals surface area contributed by atoms with Crippen LogP contribution < -0.4 is 4.90 Å². The van der Waals surface area contributed by atoms with Crippen LogP contribution in [-0.2, 0) is 4.79 Å². The molecule has 0 N–H and O–H groups in total. The van der Waals surface area contributed by atoms with Crippen molar-refractivity contribution in [3.8, 4) is 0 Å². The first-order valence-electron chi connectivity index (χ1n) is 6.89. The molecule has 0 radical (unpaired) electrons. The van der Waals surface area contributed by atoms with E-state index in [1.54, 1.807) is 6.92 Å². The molecule has 104 valence electrons. The van der Waals surface area contributed by atoms with Gasteiger partial charge >= 0.3 is 0 Å². The lowest BCUT2D eigenvalue weighted by Crippen LogP contribution is -2.36. The molecule has 0 aliphatic carbocycles. The van der Waals surface area contributed by atoms with E-state index in [4.69, 9.17) is 0 Å². The molecule has 0 saturated carbocycles. The third kappa shape index (κ3) is 3.25. The molecular formula is C15H23N3O. The molecule has 1 saturated heterocycles. The molecule has 1 amide bonds. The number of aryl methyl sites for hydroxylation is 1. The van der Waals surface area contributed by atoms with Crippen LogP contribution in [0.25, 0.3) is 0 Å². The second-order valence-electron chi connectivity index (χ2n) is 5.57. The van der Waals surface area contributed by atoms with Gasteiger partial charge in [-0.15, -0.1) is 0 Å². The molecule has 0 bridgehead atoms. The number of hydrogen-bond acceptors (Lipinski definition) is 3. The third-order valence-corrected chi connectivity index (χ3v) is 3.83. The van der Waals surface area contributed by atoms with E-state index in [1.807, 2.05) is 11.8 Å². The van der Waals surface area contributed by atoms with Crippen molar-refractivity contribution in [1.82, 2.24) is 9.88 Å². The number of carbonyl (C=O) groups excluding carboxylic acids is 1. The van der Waals surface area contributed by atoms with Gasteiger partial charge in [-0.1, -0.05) is 0 Å². The summed E-state index contributed by atoms with van der Waals surface area (Å²) < 4.78 is 0. The van der Waals surface area contributed by atoms with E-state index < -0.39 is 0 Å². The molecule has 0 unspecified atom stereocenters. The maximum Gasteiger partial charge on any atom is 0.219 e. The normalized spacial score (nSPS) is 16.5. The second-order valence-corrected chi connectivity index (χ2v) is 5.57. The first-order chi connectivity index (χ1) is 8.97. The Morgan fingerprint density at radius 1 is 1.32 bits per heavy atom. The SMILES string of the molecule is CC(=O)N1CCC(c2cc(N(C)C)cc(C)n2)CC1. The summed E-state index contributed by atoms with van der Waals surface area (Å²) in [5.74, 6) is 0.666. The minimum absolute atomic E-state index is 0.185. The van der Waals surface area contributed by atoms with Crippen LogP contribution in [0.1, 0.15) is 37.1 Å². The fourth-order valence-electron chi connectivity index (χ4n) is 2.63. The maximum absolute atomic E-state index is 11.3. The molecular weight excluding hydrogens is 238 g/mol. The third-order valence-electron chi connectivity index (χ3n) is 3.83. The Kier molecular flexibility index (Phi) is 4.08. The van der Waals surface area contributed by atoms with Gasteiger partial charge in [0.25, 0.3) is 0 Å². The van der Waals surface area contributed by atoms with Crippen molar-refractivity contribution >= 4 is 11.6 Å². The van der Waals surface area contributed by atoms with E-state index >= 15 is 0 Å². The number of likely N-dealkylation sites (tertiary alicyclic amines) is 1. The van der Waals surface area contributed by atoms with Gasteiger partial charge in [-0.3, -0.25) is 9.78 Å². The van der Waals surface area contributed by atoms with Crippen molar-refractivity contribution in [2.75, 3.05) is 32.1 Å².